The lowest BCUT2D eigenvalue weighted by Gasteiger charge is -2.29. The minimum atomic E-state index is -0.534. The van der Waals surface area contributed by atoms with E-state index in [1.807, 2.05) is 27.7 Å². The van der Waals surface area contributed by atoms with Gasteiger partial charge in [0.1, 0.15) is 0 Å². The summed E-state index contributed by atoms with van der Waals surface area (Å²) >= 11 is 0. The Morgan fingerprint density at radius 2 is 1.71 bits per heavy atom. The van der Waals surface area contributed by atoms with E-state index in [1.165, 1.54) is 12.1 Å². The van der Waals surface area contributed by atoms with Crippen LogP contribution in [0.5, 0.6) is 5.75 Å². The number of ether oxygens (including phenoxy) is 1. The largest absolute Gasteiger partial charge is 0.415 e. The molecule has 0 radical (unpaired) electrons. The molecule has 3 nitrogen and oxygen atoms in total. The Morgan fingerprint density at radius 1 is 1.18 bits per heavy atom. The van der Waals surface area contributed by atoms with E-state index in [0.717, 1.165) is 0 Å². The van der Waals surface area contributed by atoms with E-state index in [2.05, 4.69) is 0 Å². The molecule has 0 fully saturated rings. The Bertz CT molecular complexity index is 383. The molecular formula is C13H18FNO2. The molecule has 0 unspecified atom stereocenters. The van der Waals surface area contributed by atoms with Gasteiger partial charge < -0.3 is 9.64 Å². The number of halogens is 1. The predicted molar refractivity (Wildman–Crippen MR) is 64.5 cm³/mol. The highest BCUT2D eigenvalue weighted by molar-refractivity contribution is 5.71. The van der Waals surface area contributed by atoms with Gasteiger partial charge in [-0.3, -0.25) is 0 Å². The molecule has 0 saturated heterocycles. The highest BCUT2D eigenvalue weighted by Crippen LogP contribution is 2.18. The van der Waals surface area contributed by atoms with Crippen molar-refractivity contribution < 1.29 is 13.9 Å². The molecule has 0 aliphatic carbocycles. The van der Waals surface area contributed by atoms with Gasteiger partial charge in [0, 0.05) is 12.1 Å². The first-order valence-electron chi connectivity index (χ1n) is 5.68. The molecule has 4 heteroatoms. The minimum Gasteiger partial charge on any atom is -0.407 e. The van der Waals surface area contributed by atoms with Crippen molar-refractivity contribution in [2.45, 2.75) is 39.8 Å². The van der Waals surface area contributed by atoms with Gasteiger partial charge >= 0.3 is 6.09 Å². The monoisotopic (exact) mass is 239 g/mol. The fourth-order valence-corrected chi connectivity index (χ4v) is 1.69. The molecule has 0 aliphatic heterocycles. The molecule has 0 atom stereocenters. The first-order chi connectivity index (χ1) is 7.93. The number of benzene rings is 1. The summed E-state index contributed by atoms with van der Waals surface area (Å²) in [6.45, 7) is 7.57. The van der Waals surface area contributed by atoms with E-state index in [9.17, 15) is 9.18 Å². The number of para-hydroxylation sites is 1. The third kappa shape index (κ3) is 3.44. The maximum atomic E-state index is 13.3. The van der Waals surface area contributed by atoms with Gasteiger partial charge in [-0.05, 0) is 39.8 Å². The fraction of sp³-hybridized carbons (Fsp3) is 0.462. The molecule has 0 aromatic heterocycles. The molecular weight excluding hydrogens is 221 g/mol. The lowest BCUT2D eigenvalue weighted by molar-refractivity contribution is 0.121. The van der Waals surface area contributed by atoms with Crippen molar-refractivity contribution in [2.75, 3.05) is 0 Å². The van der Waals surface area contributed by atoms with Crippen LogP contribution in [0.15, 0.2) is 24.3 Å². The van der Waals surface area contributed by atoms with E-state index in [1.54, 1.807) is 17.0 Å². The molecule has 1 rings (SSSR count). The quantitative estimate of drug-likeness (QED) is 0.808. The maximum Gasteiger partial charge on any atom is 0.415 e. The summed E-state index contributed by atoms with van der Waals surface area (Å²) < 4.78 is 18.4. The van der Waals surface area contributed by atoms with Gasteiger partial charge in [0.05, 0.1) is 0 Å². The third-order valence-corrected chi connectivity index (χ3v) is 2.36. The molecule has 1 aromatic carbocycles. The van der Waals surface area contributed by atoms with Crippen molar-refractivity contribution in [3.05, 3.63) is 30.1 Å². The van der Waals surface area contributed by atoms with Crippen LogP contribution in [-0.4, -0.2) is 23.1 Å². The number of hydrogen-bond donors (Lipinski definition) is 0. The van der Waals surface area contributed by atoms with Crippen LogP contribution >= 0.6 is 0 Å². The average Bonchev–Trinajstić information content (AvgIpc) is 2.20. The Morgan fingerprint density at radius 3 is 2.18 bits per heavy atom. The van der Waals surface area contributed by atoms with E-state index in [4.69, 9.17) is 4.74 Å². The van der Waals surface area contributed by atoms with E-state index >= 15 is 0 Å². The molecule has 0 heterocycles. The van der Waals surface area contributed by atoms with Crippen LogP contribution in [0.4, 0.5) is 9.18 Å². The highest BCUT2D eigenvalue weighted by Gasteiger charge is 2.22. The summed E-state index contributed by atoms with van der Waals surface area (Å²) in [4.78, 5) is 13.4. The smallest absolute Gasteiger partial charge is 0.407 e. The van der Waals surface area contributed by atoms with Gasteiger partial charge in [-0.2, -0.15) is 0 Å². The van der Waals surface area contributed by atoms with Gasteiger partial charge in [0.25, 0.3) is 0 Å². The molecule has 0 bridgehead atoms. The fourth-order valence-electron chi connectivity index (χ4n) is 1.69. The van der Waals surface area contributed by atoms with Gasteiger partial charge in [0.2, 0.25) is 0 Å². The summed E-state index contributed by atoms with van der Waals surface area (Å²) in [5.41, 5.74) is 0. The summed E-state index contributed by atoms with van der Waals surface area (Å²) in [6, 6.07) is 5.89. The molecule has 1 amide bonds. The van der Waals surface area contributed by atoms with Crippen LogP contribution in [0.1, 0.15) is 27.7 Å². The number of hydrogen-bond acceptors (Lipinski definition) is 2. The zero-order valence-electron chi connectivity index (χ0n) is 10.6. The Balaban J connectivity index is 2.81. The van der Waals surface area contributed by atoms with Crippen LogP contribution in [0.3, 0.4) is 0 Å². The topological polar surface area (TPSA) is 29.5 Å². The first-order valence-corrected chi connectivity index (χ1v) is 5.68. The number of nitrogens with zero attached hydrogens (tertiary/aromatic N) is 1. The highest BCUT2D eigenvalue weighted by atomic mass is 19.1. The second kappa shape index (κ2) is 5.66. The lowest BCUT2D eigenvalue weighted by Crippen LogP contribution is -2.43. The lowest BCUT2D eigenvalue weighted by atomic mass is 10.2. The molecule has 94 valence electrons. The summed E-state index contributed by atoms with van der Waals surface area (Å²) in [5, 5.41) is 0. The molecule has 17 heavy (non-hydrogen) atoms. The van der Waals surface area contributed by atoms with E-state index < -0.39 is 11.9 Å². The van der Waals surface area contributed by atoms with Crippen molar-refractivity contribution in [2.24, 2.45) is 0 Å². The molecule has 0 aliphatic rings. The number of carbonyl (C=O) groups excluding carboxylic acids is 1. The van der Waals surface area contributed by atoms with Crippen molar-refractivity contribution in [3.63, 3.8) is 0 Å². The second-order valence-electron chi connectivity index (χ2n) is 4.39. The molecule has 1 aromatic rings. The number of carbonyl (C=O) groups is 1. The molecule has 0 spiro atoms. The minimum absolute atomic E-state index is 0.00859. The normalized spacial score (nSPS) is 10.8. The van der Waals surface area contributed by atoms with E-state index in [-0.39, 0.29) is 17.8 Å². The number of rotatable bonds is 3. The van der Waals surface area contributed by atoms with Crippen LogP contribution in [-0.2, 0) is 0 Å². The van der Waals surface area contributed by atoms with Gasteiger partial charge in [-0.15, -0.1) is 0 Å². The van der Waals surface area contributed by atoms with Gasteiger partial charge in [-0.1, -0.05) is 12.1 Å². The summed E-state index contributed by atoms with van der Waals surface area (Å²) in [7, 11) is 0. The van der Waals surface area contributed by atoms with Crippen molar-refractivity contribution in [1.29, 1.82) is 0 Å². The standard InChI is InChI=1S/C13H18FNO2/c1-9(2)15(10(3)4)13(16)17-12-8-6-5-7-11(12)14/h5-10H,1-4H3. The summed E-state index contributed by atoms with van der Waals surface area (Å²) in [5.74, 6) is -0.572. The van der Waals surface area contributed by atoms with E-state index in [0.29, 0.717) is 0 Å². The zero-order chi connectivity index (χ0) is 13.0. The van der Waals surface area contributed by atoms with Crippen LogP contribution in [0, 0.1) is 5.82 Å². The van der Waals surface area contributed by atoms with Crippen LogP contribution in [0.2, 0.25) is 0 Å². The Labute approximate surface area is 101 Å². The number of amides is 1. The Hall–Kier alpha value is -1.58. The molecule has 0 N–H and O–H groups in total. The van der Waals surface area contributed by atoms with Crippen molar-refractivity contribution >= 4 is 6.09 Å². The van der Waals surface area contributed by atoms with Crippen molar-refractivity contribution in [1.82, 2.24) is 4.90 Å². The Kier molecular flexibility index (Phi) is 4.49. The van der Waals surface area contributed by atoms with Crippen LogP contribution < -0.4 is 4.74 Å². The predicted octanol–water partition coefficient (Wildman–Crippen LogP) is 3.44. The van der Waals surface area contributed by atoms with Crippen LogP contribution in [0.25, 0.3) is 0 Å². The first kappa shape index (κ1) is 13.5. The molecule has 0 saturated carbocycles. The van der Waals surface area contributed by atoms with Gasteiger partial charge in [0.15, 0.2) is 11.6 Å². The van der Waals surface area contributed by atoms with Crippen molar-refractivity contribution in [3.8, 4) is 5.75 Å². The average molecular weight is 239 g/mol. The maximum absolute atomic E-state index is 13.3. The summed E-state index contributed by atoms with van der Waals surface area (Å²) in [6.07, 6.45) is -0.528. The third-order valence-electron chi connectivity index (χ3n) is 2.36. The zero-order valence-corrected chi connectivity index (χ0v) is 10.6. The van der Waals surface area contributed by atoms with Gasteiger partial charge in [-0.25, -0.2) is 9.18 Å². The second-order valence-corrected chi connectivity index (χ2v) is 4.39. The SMILES string of the molecule is CC(C)N(C(=O)Oc1ccccc1F)C(C)C.